The molecular formula is C21H16ClF3N4O2. The largest absolute Gasteiger partial charge is 0.467 e. The predicted molar refractivity (Wildman–Crippen MR) is 109 cm³/mol. The maximum Gasteiger partial charge on any atom is 0.435 e. The van der Waals surface area contributed by atoms with Gasteiger partial charge in [0.15, 0.2) is 12.3 Å². The number of ether oxygens (including phenoxy) is 1. The van der Waals surface area contributed by atoms with E-state index in [1.165, 1.54) is 12.1 Å². The molecule has 2 heterocycles. The molecule has 31 heavy (non-hydrogen) atoms. The Kier molecular flexibility index (Phi) is 5.60. The molecule has 2 aromatic heterocycles. The topological polar surface area (TPSA) is 71.9 Å². The van der Waals surface area contributed by atoms with Crippen LogP contribution in [0.1, 0.15) is 11.3 Å². The first-order valence-electron chi connectivity index (χ1n) is 9.19. The number of halogens is 4. The minimum atomic E-state index is -4.68. The molecule has 0 saturated carbocycles. The number of amides is 1. The Morgan fingerprint density at radius 1 is 1.16 bits per heavy atom. The summed E-state index contributed by atoms with van der Waals surface area (Å²) in [6.07, 6.45) is -2.89. The van der Waals surface area contributed by atoms with E-state index >= 15 is 0 Å². The third kappa shape index (κ3) is 4.51. The summed E-state index contributed by atoms with van der Waals surface area (Å²) in [5.74, 6) is -0.742. The average molecular weight is 449 g/mol. The van der Waals surface area contributed by atoms with E-state index in [4.69, 9.17) is 16.3 Å². The molecule has 0 aliphatic heterocycles. The van der Waals surface area contributed by atoms with Crippen molar-refractivity contribution in [3.05, 3.63) is 77.1 Å². The highest BCUT2D eigenvalue weighted by Crippen LogP contribution is 2.33. The number of hydrogen-bond donors (Lipinski definition) is 2. The standard InChI is InChI=1S/C21H16ClF3N4O2/c22-15-6-2-4-8-17(15)29-20(9-18(28-29)21(23,24)25)31-12-19(30)27-11-13-10-26-16-7-3-1-5-14(13)16/h1-10,26H,11-12H2,(H,27,30). The average Bonchev–Trinajstić information content (AvgIpc) is 3.35. The number of rotatable bonds is 6. The van der Waals surface area contributed by atoms with Crippen molar-refractivity contribution in [2.45, 2.75) is 12.7 Å². The molecule has 2 aromatic carbocycles. The number of nitrogens with one attached hydrogen (secondary N) is 2. The van der Waals surface area contributed by atoms with Crippen LogP contribution in [-0.4, -0.2) is 27.3 Å². The normalized spacial score (nSPS) is 11.6. The number of hydrogen-bond acceptors (Lipinski definition) is 3. The number of H-pyrrole nitrogens is 1. The Morgan fingerprint density at radius 2 is 1.90 bits per heavy atom. The zero-order valence-electron chi connectivity index (χ0n) is 15.9. The summed E-state index contributed by atoms with van der Waals surface area (Å²) >= 11 is 6.09. The molecule has 0 aliphatic carbocycles. The van der Waals surface area contributed by atoms with Gasteiger partial charge in [0.05, 0.1) is 10.7 Å². The van der Waals surface area contributed by atoms with Gasteiger partial charge in [-0.3, -0.25) is 4.79 Å². The van der Waals surface area contributed by atoms with Gasteiger partial charge in [-0.25, -0.2) is 0 Å². The lowest BCUT2D eigenvalue weighted by molar-refractivity contribution is -0.141. The molecule has 10 heteroatoms. The van der Waals surface area contributed by atoms with Crippen molar-refractivity contribution in [1.82, 2.24) is 20.1 Å². The quantitative estimate of drug-likeness (QED) is 0.448. The van der Waals surface area contributed by atoms with Crippen molar-refractivity contribution in [3.63, 3.8) is 0 Å². The number of carbonyl (C=O) groups is 1. The lowest BCUT2D eigenvalue weighted by Gasteiger charge is -2.10. The molecule has 1 amide bonds. The summed E-state index contributed by atoms with van der Waals surface area (Å²) in [6.45, 7) is -0.250. The molecule has 0 fully saturated rings. The van der Waals surface area contributed by atoms with Crippen LogP contribution in [0.2, 0.25) is 5.02 Å². The third-order valence-corrected chi connectivity index (χ3v) is 4.87. The van der Waals surface area contributed by atoms with E-state index in [0.29, 0.717) is 0 Å². The fourth-order valence-corrected chi connectivity index (χ4v) is 3.28. The van der Waals surface area contributed by atoms with Crippen LogP contribution in [-0.2, 0) is 17.5 Å². The van der Waals surface area contributed by atoms with Crippen LogP contribution < -0.4 is 10.1 Å². The molecule has 4 rings (SSSR count). The summed E-state index contributed by atoms with van der Waals surface area (Å²) in [7, 11) is 0. The summed E-state index contributed by atoms with van der Waals surface area (Å²) in [4.78, 5) is 15.3. The molecule has 0 atom stereocenters. The Bertz CT molecular complexity index is 1230. The van der Waals surface area contributed by atoms with Gasteiger partial charge in [-0.05, 0) is 23.8 Å². The van der Waals surface area contributed by atoms with Crippen LogP contribution in [0.4, 0.5) is 13.2 Å². The van der Waals surface area contributed by atoms with Crippen LogP contribution >= 0.6 is 11.6 Å². The number of fused-ring (bicyclic) bond motifs is 1. The molecule has 0 spiro atoms. The second kappa shape index (κ2) is 8.35. The zero-order chi connectivity index (χ0) is 22.0. The Morgan fingerprint density at radius 3 is 2.68 bits per heavy atom. The van der Waals surface area contributed by atoms with Gasteiger partial charge in [-0.15, -0.1) is 0 Å². The molecule has 2 N–H and O–H groups in total. The summed E-state index contributed by atoms with van der Waals surface area (Å²) < 4.78 is 45.8. The first kappa shape index (κ1) is 20.8. The van der Waals surface area contributed by atoms with Crippen LogP contribution in [0.25, 0.3) is 16.6 Å². The lowest BCUT2D eigenvalue weighted by atomic mass is 10.2. The fraction of sp³-hybridized carbons (Fsp3) is 0.143. The van der Waals surface area contributed by atoms with Gasteiger partial charge in [0.2, 0.25) is 5.88 Å². The van der Waals surface area contributed by atoms with Crippen LogP contribution in [0, 0.1) is 0 Å². The molecule has 0 bridgehead atoms. The number of aromatic nitrogens is 3. The van der Waals surface area contributed by atoms with E-state index in [1.54, 1.807) is 18.3 Å². The maximum absolute atomic E-state index is 13.2. The van der Waals surface area contributed by atoms with Gasteiger partial charge in [0, 0.05) is 29.7 Å². The monoisotopic (exact) mass is 448 g/mol. The van der Waals surface area contributed by atoms with Gasteiger partial charge in [-0.1, -0.05) is 41.9 Å². The first-order valence-corrected chi connectivity index (χ1v) is 9.57. The van der Waals surface area contributed by atoms with Crippen molar-refractivity contribution in [2.75, 3.05) is 6.61 Å². The molecule has 0 aliphatic rings. The molecular weight excluding hydrogens is 433 g/mol. The summed E-state index contributed by atoms with van der Waals surface area (Å²) in [6, 6.07) is 14.6. The van der Waals surface area contributed by atoms with Crippen molar-refractivity contribution in [1.29, 1.82) is 0 Å². The maximum atomic E-state index is 13.2. The zero-order valence-corrected chi connectivity index (χ0v) is 16.7. The lowest BCUT2D eigenvalue weighted by Crippen LogP contribution is -2.28. The van der Waals surface area contributed by atoms with E-state index in [0.717, 1.165) is 27.2 Å². The minimum Gasteiger partial charge on any atom is -0.467 e. The molecule has 0 unspecified atom stereocenters. The van der Waals surface area contributed by atoms with Gasteiger partial charge in [-0.2, -0.15) is 23.0 Å². The number of benzene rings is 2. The van der Waals surface area contributed by atoms with Crippen molar-refractivity contribution in [3.8, 4) is 11.6 Å². The highest BCUT2D eigenvalue weighted by molar-refractivity contribution is 6.32. The van der Waals surface area contributed by atoms with E-state index in [-0.39, 0.29) is 23.1 Å². The summed E-state index contributed by atoms with van der Waals surface area (Å²) in [5, 5.41) is 7.41. The highest BCUT2D eigenvalue weighted by Gasteiger charge is 2.36. The molecule has 0 radical (unpaired) electrons. The fourth-order valence-electron chi connectivity index (χ4n) is 3.06. The number of nitrogens with zero attached hydrogens (tertiary/aromatic N) is 2. The molecule has 6 nitrogen and oxygen atoms in total. The smallest absolute Gasteiger partial charge is 0.435 e. The number of aromatic amines is 1. The van der Waals surface area contributed by atoms with Gasteiger partial charge in [0.25, 0.3) is 5.91 Å². The SMILES string of the molecule is O=C(COc1cc(C(F)(F)F)nn1-c1ccccc1Cl)NCc1c[nH]c2ccccc12. The van der Waals surface area contributed by atoms with Crippen LogP contribution in [0.15, 0.2) is 60.8 Å². The van der Waals surface area contributed by atoms with Crippen LogP contribution in [0.3, 0.4) is 0 Å². The number of para-hydroxylation sites is 2. The first-order chi connectivity index (χ1) is 14.8. The highest BCUT2D eigenvalue weighted by atomic mass is 35.5. The Labute approximate surface area is 179 Å². The Hall–Kier alpha value is -3.46. The molecule has 160 valence electrons. The van der Waals surface area contributed by atoms with Gasteiger partial charge >= 0.3 is 6.18 Å². The van der Waals surface area contributed by atoms with Crippen molar-refractivity contribution >= 4 is 28.4 Å². The minimum absolute atomic E-state index is 0.188. The third-order valence-electron chi connectivity index (χ3n) is 4.55. The molecule has 4 aromatic rings. The second-order valence-electron chi connectivity index (χ2n) is 6.65. The number of carbonyl (C=O) groups excluding carboxylic acids is 1. The van der Waals surface area contributed by atoms with Crippen molar-refractivity contribution in [2.24, 2.45) is 0 Å². The van der Waals surface area contributed by atoms with Crippen LogP contribution in [0.5, 0.6) is 5.88 Å². The molecule has 0 saturated heterocycles. The van der Waals surface area contributed by atoms with E-state index in [9.17, 15) is 18.0 Å². The van der Waals surface area contributed by atoms with Gasteiger partial charge in [0.1, 0.15) is 0 Å². The van der Waals surface area contributed by atoms with E-state index in [2.05, 4.69) is 15.4 Å². The van der Waals surface area contributed by atoms with Gasteiger partial charge < -0.3 is 15.0 Å². The van der Waals surface area contributed by atoms with E-state index < -0.39 is 24.4 Å². The summed E-state index contributed by atoms with van der Waals surface area (Å²) in [5.41, 5.74) is 0.867. The number of alkyl halides is 3. The second-order valence-corrected chi connectivity index (χ2v) is 7.06. The predicted octanol–water partition coefficient (Wildman–Crippen LogP) is 4.72. The Balaban J connectivity index is 1.48. The van der Waals surface area contributed by atoms with E-state index in [1.807, 2.05) is 24.3 Å². The van der Waals surface area contributed by atoms with Crippen molar-refractivity contribution < 1.29 is 22.7 Å².